The average molecular weight is 352 g/mol. The Labute approximate surface area is 158 Å². The van der Waals surface area contributed by atoms with Crippen molar-refractivity contribution in [2.45, 2.75) is 25.2 Å². The van der Waals surface area contributed by atoms with Crippen LogP contribution in [0.1, 0.15) is 30.7 Å². The molecule has 1 heterocycles. The fraction of sp³-hybridized carbons (Fsp3) is 0.167. The molecule has 1 aliphatic carbocycles. The Hall–Kier alpha value is -3.20. The summed E-state index contributed by atoms with van der Waals surface area (Å²) in [4.78, 5) is 9.66. The predicted octanol–water partition coefficient (Wildman–Crippen LogP) is 5.94. The van der Waals surface area contributed by atoms with E-state index in [0.29, 0.717) is 17.0 Å². The van der Waals surface area contributed by atoms with Crippen molar-refractivity contribution in [3.8, 4) is 28.3 Å². The molecule has 132 valence electrons. The number of hydrogen-bond acceptors (Lipinski definition) is 3. The molecule has 0 amide bonds. The lowest BCUT2D eigenvalue weighted by atomic mass is 9.80. The van der Waals surface area contributed by atoms with Gasteiger partial charge in [0.15, 0.2) is 0 Å². The van der Waals surface area contributed by atoms with Crippen molar-refractivity contribution in [1.29, 1.82) is 0 Å². The minimum atomic E-state index is 0.157. The molecular weight excluding hydrogens is 332 g/mol. The van der Waals surface area contributed by atoms with Gasteiger partial charge in [-0.2, -0.15) is 0 Å². The molecule has 4 aromatic rings. The number of phenolic OH excluding ortho intramolecular Hbond substituents is 1. The number of para-hydroxylation sites is 1. The number of aromatic hydroxyl groups is 1. The van der Waals surface area contributed by atoms with Crippen molar-refractivity contribution in [2.75, 3.05) is 0 Å². The van der Waals surface area contributed by atoms with E-state index in [4.69, 9.17) is 9.97 Å². The predicted molar refractivity (Wildman–Crippen MR) is 109 cm³/mol. The highest BCUT2D eigenvalue weighted by atomic mass is 16.3. The van der Waals surface area contributed by atoms with Gasteiger partial charge in [-0.3, -0.25) is 0 Å². The maximum absolute atomic E-state index is 10.2. The molecule has 5 rings (SSSR count). The van der Waals surface area contributed by atoms with E-state index in [-0.39, 0.29) is 5.75 Å². The van der Waals surface area contributed by atoms with Crippen molar-refractivity contribution in [3.63, 3.8) is 0 Å². The van der Waals surface area contributed by atoms with Gasteiger partial charge in [-0.05, 0) is 36.5 Å². The molecule has 1 fully saturated rings. The third kappa shape index (κ3) is 2.85. The van der Waals surface area contributed by atoms with Crippen LogP contribution in [0.15, 0.2) is 72.8 Å². The molecule has 3 nitrogen and oxygen atoms in total. The molecule has 0 spiro atoms. The molecule has 3 aromatic carbocycles. The van der Waals surface area contributed by atoms with Gasteiger partial charge in [0.1, 0.15) is 11.3 Å². The lowest BCUT2D eigenvalue weighted by Gasteiger charge is -2.25. The second-order valence-electron chi connectivity index (χ2n) is 7.18. The van der Waals surface area contributed by atoms with Gasteiger partial charge in [0.05, 0.1) is 16.9 Å². The Morgan fingerprint density at radius 1 is 0.704 bits per heavy atom. The molecule has 0 saturated heterocycles. The SMILES string of the molecule is Oc1cccc2nc(-c3ccc(C4CCC4)cc3)c(-c3ccccc3)nc12. The zero-order valence-corrected chi connectivity index (χ0v) is 15.0. The molecule has 1 saturated carbocycles. The largest absolute Gasteiger partial charge is 0.506 e. The Balaban J connectivity index is 1.69. The third-order valence-corrected chi connectivity index (χ3v) is 5.48. The number of rotatable bonds is 3. The molecule has 0 atom stereocenters. The van der Waals surface area contributed by atoms with Gasteiger partial charge in [0.2, 0.25) is 0 Å². The minimum absolute atomic E-state index is 0.157. The molecule has 3 heteroatoms. The van der Waals surface area contributed by atoms with E-state index in [1.807, 2.05) is 36.4 Å². The number of phenols is 1. The van der Waals surface area contributed by atoms with Crippen molar-refractivity contribution in [2.24, 2.45) is 0 Å². The van der Waals surface area contributed by atoms with E-state index in [2.05, 4.69) is 24.3 Å². The zero-order valence-electron chi connectivity index (χ0n) is 15.0. The summed E-state index contributed by atoms with van der Waals surface area (Å²) in [6.45, 7) is 0. The van der Waals surface area contributed by atoms with Crippen molar-refractivity contribution >= 4 is 11.0 Å². The minimum Gasteiger partial charge on any atom is -0.506 e. The number of benzene rings is 3. The standard InChI is InChI=1S/C24H20N2O/c27-21-11-5-10-20-24(21)26-23(18-6-2-1-3-7-18)22(25-20)19-14-12-17(13-15-19)16-8-4-9-16/h1-3,5-7,10-16,27H,4,8-9H2. The molecule has 1 N–H and O–H groups in total. The summed E-state index contributed by atoms with van der Waals surface area (Å²) in [6, 6.07) is 24.1. The topological polar surface area (TPSA) is 46.0 Å². The van der Waals surface area contributed by atoms with Crippen molar-refractivity contribution in [1.82, 2.24) is 9.97 Å². The van der Waals surface area contributed by atoms with E-state index in [0.717, 1.165) is 22.5 Å². The molecule has 1 aliphatic rings. The Morgan fingerprint density at radius 2 is 1.41 bits per heavy atom. The summed E-state index contributed by atoms with van der Waals surface area (Å²) in [5.41, 5.74) is 6.33. The Kier molecular flexibility index (Phi) is 3.86. The maximum atomic E-state index is 10.2. The number of aromatic nitrogens is 2. The average Bonchev–Trinajstić information content (AvgIpc) is 2.67. The Morgan fingerprint density at radius 3 is 2.11 bits per heavy atom. The molecule has 0 bridgehead atoms. The van der Waals surface area contributed by atoms with E-state index in [9.17, 15) is 5.11 Å². The summed E-state index contributed by atoms with van der Waals surface area (Å²) in [5, 5.41) is 10.2. The van der Waals surface area contributed by atoms with Gasteiger partial charge in [-0.15, -0.1) is 0 Å². The van der Waals surface area contributed by atoms with Crippen LogP contribution in [-0.4, -0.2) is 15.1 Å². The first-order chi connectivity index (χ1) is 13.3. The zero-order chi connectivity index (χ0) is 18.2. The van der Waals surface area contributed by atoms with Gasteiger partial charge in [0, 0.05) is 11.1 Å². The second kappa shape index (κ2) is 6.51. The molecule has 27 heavy (non-hydrogen) atoms. The van der Waals surface area contributed by atoms with Crippen molar-refractivity contribution in [3.05, 3.63) is 78.4 Å². The van der Waals surface area contributed by atoms with Gasteiger partial charge in [-0.25, -0.2) is 9.97 Å². The second-order valence-corrected chi connectivity index (χ2v) is 7.18. The lowest BCUT2D eigenvalue weighted by Crippen LogP contribution is -2.08. The Bertz CT molecular complexity index is 1100. The normalized spacial score (nSPS) is 14.2. The molecule has 0 radical (unpaired) electrons. The van der Waals surface area contributed by atoms with Crippen LogP contribution in [0.5, 0.6) is 5.75 Å². The van der Waals surface area contributed by atoms with Crippen LogP contribution in [0.4, 0.5) is 0 Å². The van der Waals surface area contributed by atoms with Gasteiger partial charge in [-0.1, -0.05) is 67.1 Å². The fourth-order valence-corrected chi connectivity index (χ4v) is 3.72. The van der Waals surface area contributed by atoms with Gasteiger partial charge in [0.25, 0.3) is 0 Å². The van der Waals surface area contributed by atoms with Crippen LogP contribution in [0.25, 0.3) is 33.5 Å². The van der Waals surface area contributed by atoms with Crippen LogP contribution in [-0.2, 0) is 0 Å². The van der Waals surface area contributed by atoms with E-state index < -0.39 is 0 Å². The highest BCUT2D eigenvalue weighted by Crippen LogP contribution is 2.38. The van der Waals surface area contributed by atoms with E-state index in [1.165, 1.54) is 24.8 Å². The highest BCUT2D eigenvalue weighted by Gasteiger charge is 2.20. The highest BCUT2D eigenvalue weighted by molar-refractivity contribution is 5.89. The van der Waals surface area contributed by atoms with Crippen molar-refractivity contribution < 1.29 is 5.11 Å². The first-order valence-corrected chi connectivity index (χ1v) is 9.45. The smallest absolute Gasteiger partial charge is 0.143 e. The first kappa shape index (κ1) is 16.0. The summed E-state index contributed by atoms with van der Waals surface area (Å²) in [5.74, 6) is 0.872. The molecule has 1 aromatic heterocycles. The maximum Gasteiger partial charge on any atom is 0.143 e. The third-order valence-electron chi connectivity index (χ3n) is 5.48. The van der Waals surface area contributed by atoms with Crippen LogP contribution in [0.3, 0.4) is 0 Å². The quantitative estimate of drug-likeness (QED) is 0.496. The van der Waals surface area contributed by atoms with Gasteiger partial charge >= 0.3 is 0 Å². The van der Waals surface area contributed by atoms with Crippen LogP contribution in [0, 0.1) is 0 Å². The first-order valence-electron chi connectivity index (χ1n) is 9.45. The van der Waals surface area contributed by atoms with Crippen LogP contribution >= 0.6 is 0 Å². The molecular formula is C24H20N2O. The van der Waals surface area contributed by atoms with E-state index >= 15 is 0 Å². The molecule has 0 unspecified atom stereocenters. The number of fused-ring (bicyclic) bond motifs is 1. The van der Waals surface area contributed by atoms with Gasteiger partial charge < -0.3 is 5.11 Å². The summed E-state index contributed by atoms with van der Waals surface area (Å²) in [7, 11) is 0. The lowest BCUT2D eigenvalue weighted by molar-refractivity contribution is 0.420. The van der Waals surface area contributed by atoms with E-state index in [1.54, 1.807) is 12.1 Å². The fourth-order valence-electron chi connectivity index (χ4n) is 3.72. The van der Waals surface area contributed by atoms with Crippen LogP contribution in [0.2, 0.25) is 0 Å². The number of nitrogens with zero attached hydrogens (tertiary/aromatic N) is 2. The number of hydrogen-bond donors (Lipinski definition) is 1. The monoisotopic (exact) mass is 352 g/mol. The molecule has 0 aliphatic heterocycles. The van der Waals surface area contributed by atoms with Crippen LogP contribution < -0.4 is 0 Å². The summed E-state index contributed by atoms with van der Waals surface area (Å²) < 4.78 is 0. The summed E-state index contributed by atoms with van der Waals surface area (Å²) >= 11 is 0. The summed E-state index contributed by atoms with van der Waals surface area (Å²) in [6.07, 6.45) is 3.93.